The highest BCUT2D eigenvalue weighted by molar-refractivity contribution is 5.35. The molecule has 2 nitrogen and oxygen atoms in total. The minimum Gasteiger partial charge on any atom is -0.304 e. The van der Waals surface area contributed by atoms with Gasteiger partial charge in [-0.05, 0) is 37.5 Å². The van der Waals surface area contributed by atoms with Crippen LogP contribution in [0.15, 0.2) is 36.7 Å². The summed E-state index contributed by atoms with van der Waals surface area (Å²) in [6.45, 7) is 4.28. The molecule has 0 unspecified atom stereocenters. The highest BCUT2D eigenvalue weighted by atomic mass is 15.1. The average molecular weight is 242 g/mol. The molecule has 0 N–H and O–H groups in total. The Morgan fingerprint density at radius 2 is 1.83 bits per heavy atom. The van der Waals surface area contributed by atoms with Crippen molar-refractivity contribution < 1.29 is 0 Å². The summed E-state index contributed by atoms with van der Waals surface area (Å²) in [7, 11) is 0. The average Bonchev–Trinajstić information content (AvgIpc) is 2.82. The van der Waals surface area contributed by atoms with Gasteiger partial charge in [0.1, 0.15) is 5.82 Å². The topological polar surface area (TPSA) is 17.8 Å². The second kappa shape index (κ2) is 6.39. The number of aromatic nitrogens is 2. The number of benzene rings is 1. The Kier molecular flexibility index (Phi) is 4.57. The Morgan fingerprint density at radius 1 is 1.06 bits per heavy atom. The van der Waals surface area contributed by atoms with E-state index in [1.54, 1.807) is 0 Å². The Balaban J connectivity index is 1.96. The summed E-state index contributed by atoms with van der Waals surface area (Å²) < 4.78 is 2.11. The molecule has 0 bridgehead atoms. The van der Waals surface area contributed by atoms with Crippen LogP contribution in [-0.2, 0) is 6.42 Å². The Labute approximate surface area is 110 Å². The third-order valence-electron chi connectivity index (χ3n) is 3.36. The maximum Gasteiger partial charge on any atom is 0.110 e. The summed E-state index contributed by atoms with van der Waals surface area (Å²) in [5.41, 5.74) is 2.63. The zero-order valence-electron chi connectivity index (χ0n) is 11.4. The minimum absolute atomic E-state index is 1.03. The molecule has 1 heterocycles. The monoisotopic (exact) mass is 242 g/mol. The van der Waals surface area contributed by atoms with Crippen molar-refractivity contribution in [3.05, 3.63) is 48.0 Å². The number of hydrogen-bond donors (Lipinski definition) is 0. The van der Waals surface area contributed by atoms with E-state index in [0.717, 1.165) is 5.82 Å². The number of hydrogen-bond acceptors (Lipinski definition) is 1. The van der Waals surface area contributed by atoms with Crippen molar-refractivity contribution in [2.45, 2.75) is 46.0 Å². The van der Waals surface area contributed by atoms with Crippen molar-refractivity contribution in [1.29, 1.82) is 0 Å². The predicted octanol–water partition coefficient (Wildman–Crippen LogP) is 4.30. The van der Waals surface area contributed by atoms with Gasteiger partial charge in [0.2, 0.25) is 0 Å². The Bertz CT molecular complexity index is 468. The molecule has 0 fully saturated rings. The first kappa shape index (κ1) is 12.9. The predicted molar refractivity (Wildman–Crippen MR) is 76.1 cm³/mol. The van der Waals surface area contributed by atoms with Gasteiger partial charge in [0.25, 0.3) is 0 Å². The number of imidazole rings is 1. The van der Waals surface area contributed by atoms with Crippen LogP contribution in [0.3, 0.4) is 0 Å². The smallest absolute Gasteiger partial charge is 0.110 e. The van der Waals surface area contributed by atoms with E-state index < -0.39 is 0 Å². The zero-order chi connectivity index (χ0) is 12.8. The van der Waals surface area contributed by atoms with Crippen LogP contribution in [0, 0.1) is 6.92 Å². The Morgan fingerprint density at radius 3 is 2.44 bits per heavy atom. The van der Waals surface area contributed by atoms with E-state index in [4.69, 9.17) is 0 Å². The minimum atomic E-state index is 1.03. The molecule has 0 saturated heterocycles. The molecule has 2 aromatic rings. The van der Waals surface area contributed by atoms with Crippen LogP contribution in [0.1, 0.15) is 44.0 Å². The molecular formula is C16H22N2. The van der Waals surface area contributed by atoms with Gasteiger partial charge < -0.3 is 4.57 Å². The number of aryl methyl sites for hydroxylation is 2. The van der Waals surface area contributed by atoms with Gasteiger partial charge in [-0.3, -0.25) is 0 Å². The van der Waals surface area contributed by atoms with Gasteiger partial charge in [0.05, 0.1) is 0 Å². The SMILES string of the molecule is CCCCCCc1ccc(-n2ccnc2C)cc1. The quantitative estimate of drug-likeness (QED) is 0.690. The molecule has 0 saturated carbocycles. The van der Waals surface area contributed by atoms with E-state index in [1.165, 1.54) is 43.4 Å². The third kappa shape index (κ3) is 3.22. The lowest BCUT2D eigenvalue weighted by atomic mass is 10.1. The molecule has 0 aliphatic heterocycles. The van der Waals surface area contributed by atoms with Gasteiger partial charge in [0, 0.05) is 18.1 Å². The van der Waals surface area contributed by atoms with Gasteiger partial charge >= 0.3 is 0 Å². The fraction of sp³-hybridized carbons (Fsp3) is 0.438. The summed E-state index contributed by atoms with van der Waals surface area (Å²) in [6.07, 6.45) is 10.4. The highest BCUT2D eigenvalue weighted by Gasteiger charge is 2.00. The first-order chi connectivity index (χ1) is 8.81. The number of nitrogens with zero attached hydrogens (tertiary/aromatic N) is 2. The van der Waals surface area contributed by atoms with Crippen LogP contribution < -0.4 is 0 Å². The summed E-state index contributed by atoms with van der Waals surface area (Å²) >= 11 is 0. The van der Waals surface area contributed by atoms with Gasteiger partial charge in [-0.2, -0.15) is 0 Å². The molecule has 1 aromatic carbocycles. The van der Waals surface area contributed by atoms with Crippen LogP contribution in [0.4, 0.5) is 0 Å². The molecule has 2 heteroatoms. The molecule has 0 aliphatic carbocycles. The lowest BCUT2D eigenvalue weighted by molar-refractivity contribution is 0.667. The summed E-state index contributed by atoms with van der Waals surface area (Å²) in [5.74, 6) is 1.03. The summed E-state index contributed by atoms with van der Waals surface area (Å²) in [5, 5.41) is 0. The lowest BCUT2D eigenvalue weighted by Gasteiger charge is -2.06. The van der Waals surface area contributed by atoms with E-state index in [2.05, 4.69) is 40.7 Å². The summed E-state index contributed by atoms with van der Waals surface area (Å²) in [6, 6.07) is 8.84. The van der Waals surface area contributed by atoms with Crippen LogP contribution >= 0.6 is 0 Å². The van der Waals surface area contributed by atoms with E-state index in [0.29, 0.717) is 0 Å². The largest absolute Gasteiger partial charge is 0.304 e. The fourth-order valence-electron chi connectivity index (χ4n) is 2.23. The maximum atomic E-state index is 4.25. The van der Waals surface area contributed by atoms with Gasteiger partial charge in [-0.15, -0.1) is 0 Å². The molecule has 0 spiro atoms. The normalized spacial score (nSPS) is 10.8. The molecule has 0 atom stereocenters. The van der Waals surface area contributed by atoms with Crippen LogP contribution in [0.25, 0.3) is 5.69 Å². The van der Waals surface area contributed by atoms with Gasteiger partial charge in [-0.25, -0.2) is 4.98 Å². The fourth-order valence-corrected chi connectivity index (χ4v) is 2.23. The van der Waals surface area contributed by atoms with Crippen LogP contribution in [0.5, 0.6) is 0 Å². The standard InChI is InChI=1S/C16H22N2/c1-3-4-5-6-7-15-8-10-16(11-9-15)18-13-12-17-14(18)2/h8-13H,3-7H2,1-2H3. The van der Waals surface area contributed by atoms with Crippen molar-refractivity contribution in [3.63, 3.8) is 0 Å². The molecule has 18 heavy (non-hydrogen) atoms. The van der Waals surface area contributed by atoms with Crippen molar-refractivity contribution in [1.82, 2.24) is 9.55 Å². The van der Waals surface area contributed by atoms with Crippen molar-refractivity contribution in [2.24, 2.45) is 0 Å². The van der Waals surface area contributed by atoms with E-state index in [-0.39, 0.29) is 0 Å². The molecule has 0 amide bonds. The molecule has 1 aromatic heterocycles. The van der Waals surface area contributed by atoms with Crippen LogP contribution in [0.2, 0.25) is 0 Å². The lowest BCUT2D eigenvalue weighted by Crippen LogP contribution is -1.95. The molecule has 0 radical (unpaired) electrons. The number of rotatable bonds is 6. The molecular weight excluding hydrogens is 220 g/mol. The Hall–Kier alpha value is -1.57. The summed E-state index contributed by atoms with van der Waals surface area (Å²) in [4.78, 5) is 4.25. The van der Waals surface area contributed by atoms with Crippen molar-refractivity contribution >= 4 is 0 Å². The number of unbranched alkanes of at least 4 members (excludes halogenated alkanes) is 3. The second-order valence-electron chi connectivity index (χ2n) is 4.82. The third-order valence-corrected chi connectivity index (χ3v) is 3.36. The highest BCUT2D eigenvalue weighted by Crippen LogP contribution is 2.13. The van der Waals surface area contributed by atoms with Crippen molar-refractivity contribution in [3.8, 4) is 5.69 Å². The second-order valence-corrected chi connectivity index (χ2v) is 4.82. The van der Waals surface area contributed by atoms with E-state index in [1.807, 2.05) is 19.3 Å². The van der Waals surface area contributed by atoms with Gasteiger partial charge in [0.15, 0.2) is 0 Å². The molecule has 0 aliphatic rings. The maximum absolute atomic E-state index is 4.25. The van der Waals surface area contributed by atoms with Crippen molar-refractivity contribution in [2.75, 3.05) is 0 Å². The molecule has 96 valence electrons. The van der Waals surface area contributed by atoms with Crippen LogP contribution in [-0.4, -0.2) is 9.55 Å². The molecule has 2 rings (SSSR count). The van der Waals surface area contributed by atoms with E-state index in [9.17, 15) is 0 Å². The van der Waals surface area contributed by atoms with E-state index >= 15 is 0 Å². The zero-order valence-corrected chi connectivity index (χ0v) is 11.4. The van der Waals surface area contributed by atoms with Gasteiger partial charge in [-0.1, -0.05) is 38.3 Å². The first-order valence-corrected chi connectivity index (χ1v) is 6.90. The first-order valence-electron chi connectivity index (χ1n) is 6.90.